The molecule has 4 heteroatoms. The Balaban J connectivity index is 1.62. The Bertz CT molecular complexity index is 624. The van der Waals surface area contributed by atoms with Crippen LogP contribution in [-0.2, 0) is 4.74 Å². The number of fused-ring (bicyclic) bond motifs is 1. The number of benzene rings is 2. The first-order chi connectivity index (χ1) is 10.8. The van der Waals surface area contributed by atoms with E-state index in [4.69, 9.17) is 4.74 Å². The summed E-state index contributed by atoms with van der Waals surface area (Å²) in [7, 11) is 0. The van der Waals surface area contributed by atoms with E-state index in [9.17, 15) is 5.11 Å². The summed E-state index contributed by atoms with van der Waals surface area (Å²) in [4.78, 5) is 2.41. The number of rotatable bonds is 5. The summed E-state index contributed by atoms with van der Waals surface area (Å²) in [6.07, 6.45) is 0. The Kier molecular flexibility index (Phi) is 4.93. The summed E-state index contributed by atoms with van der Waals surface area (Å²) in [5, 5.41) is 16.0. The summed E-state index contributed by atoms with van der Waals surface area (Å²) in [5.74, 6) is 0.393. The first kappa shape index (κ1) is 15.3. The van der Waals surface area contributed by atoms with Crippen molar-refractivity contribution in [2.75, 3.05) is 39.4 Å². The average molecular weight is 300 g/mol. The summed E-state index contributed by atoms with van der Waals surface area (Å²) in [6, 6.07) is 12.2. The van der Waals surface area contributed by atoms with Gasteiger partial charge in [0, 0.05) is 43.2 Å². The molecule has 4 nitrogen and oxygen atoms in total. The molecule has 1 aliphatic heterocycles. The van der Waals surface area contributed by atoms with Crippen molar-refractivity contribution in [2.45, 2.75) is 13.0 Å². The second kappa shape index (κ2) is 7.09. The van der Waals surface area contributed by atoms with E-state index >= 15 is 0 Å². The van der Waals surface area contributed by atoms with Gasteiger partial charge in [0.1, 0.15) is 5.75 Å². The van der Waals surface area contributed by atoms with Crippen molar-refractivity contribution in [3.05, 3.63) is 42.0 Å². The molecule has 2 N–H and O–H groups in total. The third-order valence-corrected chi connectivity index (χ3v) is 4.38. The van der Waals surface area contributed by atoms with E-state index in [1.807, 2.05) is 30.3 Å². The molecule has 1 saturated heterocycles. The standard InChI is InChI=1S/C18H24N2O2/c1-14(19-8-9-20-10-12-22-13-11-20)16-7-6-15-4-2-3-5-17(15)18(16)21/h2-7,14,19,21H,8-13H2,1H3. The van der Waals surface area contributed by atoms with Crippen LogP contribution in [0.1, 0.15) is 18.5 Å². The summed E-state index contributed by atoms with van der Waals surface area (Å²) >= 11 is 0. The van der Waals surface area contributed by atoms with Crippen LogP contribution >= 0.6 is 0 Å². The molecule has 1 unspecified atom stereocenters. The van der Waals surface area contributed by atoms with Crippen molar-refractivity contribution in [2.24, 2.45) is 0 Å². The van der Waals surface area contributed by atoms with Crippen LogP contribution in [0, 0.1) is 0 Å². The smallest absolute Gasteiger partial charge is 0.128 e. The Morgan fingerprint density at radius 3 is 2.77 bits per heavy atom. The SMILES string of the molecule is CC(NCCN1CCOCC1)c1ccc2ccccc2c1O. The van der Waals surface area contributed by atoms with Crippen LogP contribution in [0.5, 0.6) is 5.75 Å². The minimum absolute atomic E-state index is 0.130. The van der Waals surface area contributed by atoms with Gasteiger partial charge < -0.3 is 15.2 Å². The number of hydrogen-bond acceptors (Lipinski definition) is 4. The number of hydrogen-bond donors (Lipinski definition) is 2. The fourth-order valence-electron chi connectivity index (χ4n) is 3.00. The lowest BCUT2D eigenvalue weighted by atomic mass is 10.0. The molecular weight excluding hydrogens is 276 g/mol. The van der Waals surface area contributed by atoms with Crippen molar-refractivity contribution in [1.82, 2.24) is 10.2 Å². The molecule has 2 aromatic rings. The fraction of sp³-hybridized carbons (Fsp3) is 0.444. The highest BCUT2D eigenvalue weighted by Gasteiger charge is 2.14. The molecule has 0 amide bonds. The molecule has 22 heavy (non-hydrogen) atoms. The van der Waals surface area contributed by atoms with Gasteiger partial charge in [0.05, 0.1) is 13.2 Å². The van der Waals surface area contributed by atoms with E-state index in [0.29, 0.717) is 5.75 Å². The van der Waals surface area contributed by atoms with Crippen LogP contribution in [0.4, 0.5) is 0 Å². The van der Waals surface area contributed by atoms with Crippen molar-refractivity contribution in [1.29, 1.82) is 0 Å². The van der Waals surface area contributed by atoms with E-state index < -0.39 is 0 Å². The molecule has 0 saturated carbocycles. The normalized spacial score (nSPS) is 17.7. The average Bonchev–Trinajstić information content (AvgIpc) is 2.56. The number of morpholine rings is 1. The van der Waals surface area contributed by atoms with Crippen LogP contribution < -0.4 is 5.32 Å². The number of nitrogens with zero attached hydrogens (tertiary/aromatic N) is 1. The van der Waals surface area contributed by atoms with E-state index in [-0.39, 0.29) is 6.04 Å². The van der Waals surface area contributed by atoms with Crippen molar-refractivity contribution in [3.8, 4) is 5.75 Å². The summed E-state index contributed by atoms with van der Waals surface area (Å²) < 4.78 is 5.36. The Morgan fingerprint density at radius 2 is 1.95 bits per heavy atom. The van der Waals surface area contributed by atoms with Crippen LogP contribution in [-0.4, -0.2) is 49.4 Å². The van der Waals surface area contributed by atoms with Crippen LogP contribution in [0.3, 0.4) is 0 Å². The van der Waals surface area contributed by atoms with Gasteiger partial charge in [-0.15, -0.1) is 0 Å². The van der Waals surface area contributed by atoms with Gasteiger partial charge in [-0.1, -0.05) is 36.4 Å². The molecule has 0 aromatic heterocycles. The monoisotopic (exact) mass is 300 g/mol. The number of nitrogens with one attached hydrogen (secondary N) is 1. The minimum Gasteiger partial charge on any atom is -0.507 e. The zero-order chi connectivity index (χ0) is 15.4. The molecular formula is C18H24N2O2. The van der Waals surface area contributed by atoms with E-state index in [1.165, 1.54) is 0 Å². The highest BCUT2D eigenvalue weighted by molar-refractivity contribution is 5.89. The van der Waals surface area contributed by atoms with Gasteiger partial charge in [-0.2, -0.15) is 0 Å². The molecule has 0 aliphatic carbocycles. The molecule has 1 fully saturated rings. The first-order valence-corrected chi connectivity index (χ1v) is 8.00. The zero-order valence-electron chi connectivity index (χ0n) is 13.1. The maximum atomic E-state index is 10.5. The molecule has 118 valence electrons. The van der Waals surface area contributed by atoms with Crippen LogP contribution in [0.2, 0.25) is 0 Å². The van der Waals surface area contributed by atoms with E-state index in [0.717, 1.165) is 55.7 Å². The predicted molar refractivity (Wildman–Crippen MR) is 89.3 cm³/mol. The third-order valence-electron chi connectivity index (χ3n) is 4.38. The lowest BCUT2D eigenvalue weighted by Gasteiger charge is -2.27. The van der Waals surface area contributed by atoms with E-state index in [1.54, 1.807) is 0 Å². The van der Waals surface area contributed by atoms with Crippen molar-refractivity contribution >= 4 is 10.8 Å². The number of phenols is 1. The quantitative estimate of drug-likeness (QED) is 0.890. The topological polar surface area (TPSA) is 44.7 Å². The second-order valence-electron chi connectivity index (χ2n) is 5.85. The molecule has 1 heterocycles. The maximum absolute atomic E-state index is 10.5. The van der Waals surface area contributed by atoms with Gasteiger partial charge in [0.25, 0.3) is 0 Å². The molecule has 2 aromatic carbocycles. The Hall–Kier alpha value is -1.62. The fourth-order valence-corrected chi connectivity index (χ4v) is 3.00. The van der Waals surface area contributed by atoms with Gasteiger partial charge in [0.15, 0.2) is 0 Å². The summed E-state index contributed by atoms with van der Waals surface area (Å²) in [5.41, 5.74) is 0.959. The highest BCUT2D eigenvalue weighted by atomic mass is 16.5. The van der Waals surface area contributed by atoms with Crippen LogP contribution in [0.25, 0.3) is 10.8 Å². The Labute approximate surface area is 131 Å². The molecule has 3 rings (SSSR count). The van der Waals surface area contributed by atoms with Crippen molar-refractivity contribution < 1.29 is 9.84 Å². The van der Waals surface area contributed by atoms with Gasteiger partial charge in [-0.05, 0) is 12.3 Å². The first-order valence-electron chi connectivity index (χ1n) is 8.00. The zero-order valence-corrected chi connectivity index (χ0v) is 13.1. The van der Waals surface area contributed by atoms with Crippen molar-refractivity contribution in [3.63, 3.8) is 0 Å². The lowest BCUT2D eigenvalue weighted by molar-refractivity contribution is 0.0382. The van der Waals surface area contributed by atoms with E-state index in [2.05, 4.69) is 23.2 Å². The molecule has 1 atom stereocenters. The molecule has 0 spiro atoms. The van der Waals surface area contributed by atoms with Gasteiger partial charge >= 0.3 is 0 Å². The molecule has 0 radical (unpaired) electrons. The number of aromatic hydroxyl groups is 1. The lowest BCUT2D eigenvalue weighted by Crippen LogP contribution is -2.40. The second-order valence-corrected chi connectivity index (χ2v) is 5.85. The maximum Gasteiger partial charge on any atom is 0.128 e. The van der Waals surface area contributed by atoms with Gasteiger partial charge in [0.2, 0.25) is 0 Å². The number of phenolic OH excluding ortho intramolecular Hbond substituents is 1. The predicted octanol–water partition coefficient (Wildman–Crippen LogP) is 2.53. The van der Waals surface area contributed by atoms with Gasteiger partial charge in [-0.25, -0.2) is 0 Å². The highest BCUT2D eigenvalue weighted by Crippen LogP contribution is 2.32. The molecule has 1 aliphatic rings. The number of ether oxygens (including phenoxy) is 1. The Morgan fingerprint density at radius 1 is 1.18 bits per heavy atom. The van der Waals surface area contributed by atoms with Crippen LogP contribution in [0.15, 0.2) is 36.4 Å². The van der Waals surface area contributed by atoms with Gasteiger partial charge in [-0.3, -0.25) is 4.90 Å². The third kappa shape index (κ3) is 3.40. The minimum atomic E-state index is 0.130. The summed E-state index contributed by atoms with van der Waals surface area (Å²) in [6.45, 7) is 7.72. The largest absolute Gasteiger partial charge is 0.507 e. The molecule has 0 bridgehead atoms.